The van der Waals surface area contributed by atoms with Crippen LogP contribution in [0.15, 0.2) is 58.1 Å². The zero-order chi connectivity index (χ0) is 15.9. The summed E-state index contributed by atoms with van der Waals surface area (Å²) in [5.74, 6) is -2.61. The Kier molecular flexibility index (Phi) is 5.37. The van der Waals surface area contributed by atoms with Crippen molar-refractivity contribution in [1.29, 1.82) is 0 Å². The van der Waals surface area contributed by atoms with Crippen molar-refractivity contribution in [2.75, 3.05) is 5.32 Å². The number of hydrazone groups is 1. The predicted octanol–water partition coefficient (Wildman–Crippen LogP) is 2.68. The van der Waals surface area contributed by atoms with Crippen molar-refractivity contribution in [3.8, 4) is 0 Å². The van der Waals surface area contributed by atoms with Crippen LogP contribution in [0.4, 0.5) is 10.1 Å². The maximum Gasteiger partial charge on any atom is 0.329 e. The molecule has 2 aromatic rings. The standard InChI is InChI=1S/C15H11BrFN3O2/c16-11-7-5-10(6-8-11)9-18-20-15(22)14(21)19-13-4-2-1-3-12(13)17/h1-9H,(H,19,21)(H,20,22). The van der Waals surface area contributed by atoms with Crippen molar-refractivity contribution in [2.24, 2.45) is 5.10 Å². The summed E-state index contributed by atoms with van der Waals surface area (Å²) >= 11 is 3.30. The van der Waals surface area contributed by atoms with E-state index < -0.39 is 17.6 Å². The Hall–Kier alpha value is -2.54. The Morgan fingerprint density at radius 2 is 1.73 bits per heavy atom. The van der Waals surface area contributed by atoms with Gasteiger partial charge in [0.05, 0.1) is 11.9 Å². The number of hydrogen-bond donors (Lipinski definition) is 2. The summed E-state index contributed by atoms with van der Waals surface area (Å²) in [6.07, 6.45) is 1.39. The van der Waals surface area contributed by atoms with Gasteiger partial charge in [0.15, 0.2) is 0 Å². The van der Waals surface area contributed by atoms with Crippen LogP contribution >= 0.6 is 15.9 Å². The molecule has 0 aliphatic carbocycles. The smallest absolute Gasteiger partial charge is 0.315 e. The Bertz CT molecular complexity index is 717. The molecule has 22 heavy (non-hydrogen) atoms. The van der Waals surface area contributed by atoms with Gasteiger partial charge in [-0.15, -0.1) is 0 Å². The molecule has 0 atom stereocenters. The average molecular weight is 364 g/mol. The van der Waals surface area contributed by atoms with Crippen LogP contribution in [-0.4, -0.2) is 18.0 Å². The minimum absolute atomic E-state index is 0.0699. The number of nitrogens with one attached hydrogen (secondary N) is 2. The molecule has 2 amide bonds. The van der Waals surface area contributed by atoms with Gasteiger partial charge in [-0.3, -0.25) is 9.59 Å². The minimum atomic E-state index is -1.00. The first kappa shape index (κ1) is 15.8. The highest BCUT2D eigenvalue weighted by atomic mass is 79.9. The number of rotatable bonds is 3. The Balaban J connectivity index is 1.90. The fraction of sp³-hybridized carbons (Fsp3) is 0. The van der Waals surface area contributed by atoms with Gasteiger partial charge in [0.2, 0.25) is 0 Å². The highest BCUT2D eigenvalue weighted by molar-refractivity contribution is 9.10. The molecule has 0 spiro atoms. The topological polar surface area (TPSA) is 70.6 Å². The maximum absolute atomic E-state index is 13.3. The second kappa shape index (κ2) is 7.46. The van der Waals surface area contributed by atoms with E-state index in [4.69, 9.17) is 0 Å². The highest BCUT2D eigenvalue weighted by Crippen LogP contribution is 2.12. The van der Waals surface area contributed by atoms with Crippen LogP contribution in [0.3, 0.4) is 0 Å². The van der Waals surface area contributed by atoms with Crippen LogP contribution in [0, 0.1) is 5.82 Å². The van der Waals surface area contributed by atoms with Gasteiger partial charge in [-0.2, -0.15) is 5.10 Å². The van der Waals surface area contributed by atoms with Crippen LogP contribution in [0.2, 0.25) is 0 Å². The molecule has 0 aliphatic rings. The van der Waals surface area contributed by atoms with E-state index in [1.54, 1.807) is 18.2 Å². The first-order chi connectivity index (χ1) is 10.6. The monoisotopic (exact) mass is 363 g/mol. The predicted molar refractivity (Wildman–Crippen MR) is 84.9 cm³/mol. The summed E-state index contributed by atoms with van der Waals surface area (Å²) in [6, 6.07) is 12.7. The van der Waals surface area contributed by atoms with E-state index in [0.717, 1.165) is 10.0 Å². The lowest BCUT2D eigenvalue weighted by atomic mass is 10.2. The van der Waals surface area contributed by atoms with Crippen LogP contribution in [0.1, 0.15) is 5.56 Å². The zero-order valence-electron chi connectivity index (χ0n) is 11.2. The normalized spacial score (nSPS) is 10.5. The van der Waals surface area contributed by atoms with Crippen molar-refractivity contribution in [1.82, 2.24) is 5.43 Å². The van der Waals surface area contributed by atoms with E-state index in [1.807, 2.05) is 12.1 Å². The lowest BCUT2D eigenvalue weighted by Crippen LogP contribution is -2.32. The van der Waals surface area contributed by atoms with E-state index in [1.165, 1.54) is 24.4 Å². The van der Waals surface area contributed by atoms with E-state index >= 15 is 0 Å². The molecular weight excluding hydrogens is 353 g/mol. The molecule has 0 radical (unpaired) electrons. The summed E-state index contributed by atoms with van der Waals surface area (Å²) in [7, 11) is 0. The van der Waals surface area contributed by atoms with Gasteiger partial charge in [0.1, 0.15) is 5.82 Å². The van der Waals surface area contributed by atoms with Crippen molar-refractivity contribution >= 4 is 39.6 Å². The number of halogens is 2. The first-order valence-corrected chi connectivity index (χ1v) is 7.00. The SMILES string of the molecule is O=C(NN=Cc1ccc(Br)cc1)C(=O)Nc1ccccc1F. The summed E-state index contributed by atoms with van der Waals surface area (Å²) in [5, 5.41) is 5.82. The minimum Gasteiger partial charge on any atom is -0.315 e. The molecular formula is C15H11BrFN3O2. The van der Waals surface area contributed by atoms with E-state index in [2.05, 4.69) is 31.8 Å². The third-order valence-corrected chi connectivity index (χ3v) is 3.11. The average Bonchev–Trinajstić information content (AvgIpc) is 2.51. The fourth-order valence-electron chi connectivity index (χ4n) is 1.51. The molecule has 5 nitrogen and oxygen atoms in total. The summed E-state index contributed by atoms with van der Waals surface area (Å²) in [4.78, 5) is 23.1. The maximum atomic E-state index is 13.3. The molecule has 0 heterocycles. The van der Waals surface area contributed by atoms with Crippen LogP contribution in [0.25, 0.3) is 0 Å². The largest absolute Gasteiger partial charge is 0.329 e. The molecule has 2 N–H and O–H groups in total. The van der Waals surface area contributed by atoms with Crippen LogP contribution < -0.4 is 10.7 Å². The second-order valence-corrected chi connectivity index (χ2v) is 5.10. The van der Waals surface area contributed by atoms with Crippen molar-refractivity contribution in [2.45, 2.75) is 0 Å². The van der Waals surface area contributed by atoms with Crippen molar-refractivity contribution in [3.05, 3.63) is 64.4 Å². The van der Waals surface area contributed by atoms with Crippen molar-refractivity contribution < 1.29 is 14.0 Å². The Morgan fingerprint density at radius 1 is 1.05 bits per heavy atom. The molecule has 0 saturated heterocycles. The molecule has 2 aromatic carbocycles. The number of benzene rings is 2. The summed E-state index contributed by atoms with van der Waals surface area (Å²) < 4.78 is 14.3. The summed E-state index contributed by atoms with van der Waals surface area (Å²) in [5.41, 5.74) is 2.75. The van der Waals surface area contributed by atoms with Crippen molar-refractivity contribution in [3.63, 3.8) is 0 Å². The number of hydrogen-bond acceptors (Lipinski definition) is 3. The van der Waals surface area contributed by atoms with Gasteiger partial charge in [-0.1, -0.05) is 40.2 Å². The Morgan fingerprint density at radius 3 is 2.41 bits per heavy atom. The lowest BCUT2D eigenvalue weighted by Gasteiger charge is -2.04. The zero-order valence-corrected chi connectivity index (χ0v) is 12.8. The van der Waals surface area contributed by atoms with E-state index in [0.29, 0.717) is 0 Å². The number of anilines is 1. The molecule has 7 heteroatoms. The molecule has 0 aromatic heterocycles. The molecule has 112 valence electrons. The number of para-hydroxylation sites is 1. The molecule has 0 aliphatic heterocycles. The van der Waals surface area contributed by atoms with Crippen LogP contribution in [-0.2, 0) is 9.59 Å². The highest BCUT2D eigenvalue weighted by Gasteiger charge is 2.14. The van der Waals surface area contributed by atoms with Gasteiger partial charge < -0.3 is 5.32 Å². The molecule has 0 saturated carbocycles. The van der Waals surface area contributed by atoms with Gasteiger partial charge in [-0.05, 0) is 29.8 Å². The molecule has 0 unspecified atom stereocenters. The number of amides is 2. The van der Waals surface area contributed by atoms with Crippen LogP contribution in [0.5, 0.6) is 0 Å². The first-order valence-electron chi connectivity index (χ1n) is 6.21. The fourth-order valence-corrected chi connectivity index (χ4v) is 1.77. The number of carbonyl (C=O) groups excluding carboxylic acids is 2. The Labute approximate surface area is 134 Å². The van der Waals surface area contributed by atoms with E-state index in [9.17, 15) is 14.0 Å². The number of carbonyl (C=O) groups is 2. The van der Waals surface area contributed by atoms with Gasteiger partial charge in [-0.25, -0.2) is 9.82 Å². The van der Waals surface area contributed by atoms with E-state index in [-0.39, 0.29) is 5.69 Å². The van der Waals surface area contributed by atoms with Gasteiger partial charge >= 0.3 is 11.8 Å². The molecule has 0 bridgehead atoms. The second-order valence-electron chi connectivity index (χ2n) is 4.18. The quantitative estimate of drug-likeness (QED) is 0.500. The summed E-state index contributed by atoms with van der Waals surface area (Å²) in [6.45, 7) is 0. The number of nitrogens with zero attached hydrogens (tertiary/aromatic N) is 1. The van der Waals surface area contributed by atoms with Gasteiger partial charge in [0.25, 0.3) is 0 Å². The molecule has 0 fully saturated rings. The third kappa shape index (κ3) is 4.49. The third-order valence-electron chi connectivity index (χ3n) is 2.58. The van der Waals surface area contributed by atoms with Gasteiger partial charge in [0, 0.05) is 4.47 Å². The lowest BCUT2D eigenvalue weighted by molar-refractivity contribution is -0.136. The molecule has 2 rings (SSSR count).